The molecule has 19 heavy (non-hydrogen) atoms. The van der Waals surface area contributed by atoms with Crippen LogP contribution >= 0.6 is 0 Å². The normalized spacial score (nSPS) is 21.5. The van der Waals surface area contributed by atoms with Gasteiger partial charge in [0.1, 0.15) is 5.75 Å². The second-order valence-corrected chi connectivity index (χ2v) is 6.30. The third-order valence-corrected chi connectivity index (χ3v) is 4.19. The molecular formula is C16H24N2O. The minimum Gasteiger partial charge on any atom is -0.491 e. The lowest BCUT2D eigenvalue weighted by atomic mass is 9.74. The molecule has 1 N–H and O–H groups in total. The molecule has 0 aromatic heterocycles. The van der Waals surface area contributed by atoms with Gasteiger partial charge in [-0.05, 0) is 57.5 Å². The molecule has 104 valence electrons. The third-order valence-electron chi connectivity index (χ3n) is 4.19. The number of benzene rings is 1. The molecule has 0 atom stereocenters. The fraction of sp³-hybridized carbons (Fsp3) is 0.625. The molecule has 1 aromatic carbocycles. The van der Waals surface area contributed by atoms with E-state index in [0.717, 1.165) is 5.75 Å². The highest BCUT2D eigenvalue weighted by Crippen LogP contribution is 2.39. The first-order chi connectivity index (χ1) is 9.17. The van der Waals surface area contributed by atoms with Crippen molar-refractivity contribution in [3.05, 3.63) is 24.3 Å². The zero-order valence-corrected chi connectivity index (χ0v) is 12.0. The molecule has 0 saturated carbocycles. The van der Waals surface area contributed by atoms with Crippen molar-refractivity contribution >= 4 is 5.69 Å². The first-order valence-electron chi connectivity index (χ1n) is 7.39. The fourth-order valence-electron chi connectivity index (χ4n) is 3.25. The summed E-state index contributed by atoms with van der Waals surface area (Å²) in [5.41, 5.74) is 1.87. The van der Waals surface area contributed by atoms with E-state index >= 15 is 0 Å². The van der Waals surface area contributed by atoms with Crippen LogP contribution in [0.15, 0.2) is 24.3 Å². The Morgan fingerprint density at radius 3 is 2.53 bits per heavy atom. The number of hydrogen-bond donors (Lipinski definition) is 1. The molecule has 0 amide bonds. The minimum atomic E-state index is 0.242. The van der Waals surface area contributed by atoms with Crippen molar-refractivity contribution in [3.8, 4) is 5.75 Å². The number of rotatable bonds is 3. The Kier molecular flexibility index (Phi) is 3.40. The van der Waals surface area contributed by atoms with Gasteiger partial charge in [-0.15, -0.1) is 0 Å². The van der Waals surface area contributed by atoms with Gasteiger partial charge < -0.3 is 15.0 Å². The molecule has 0 radical (unpaired) electrons. The smallest absolute Gasteiger partial charge is 0.119 e. The van der Waals surface area contributed by atoms with Crippen LogP contribution in [0.4, 0.5) is 5.69 Å². The average molecular weight is 260 g/mol. The Balaban J connectivity index is 1.59. The highest BCUT2D eigenvalue weighted by molar-refractivity contribution is 5.52. The predicted molar refractivity (Wildman–Crippen MR) is 79.0 cm³/mol. The lowest BCUT2D eigenvalue weighted by Gasteiger charge is -2.53. The zero-order chi connectivity index (χ0) is 13.3. The molecule has 3 nitrogen and oxygen atoms in total. The maximum absolute atomic E-state index is 5.68. The summed E-state index contributed by atoms with van der Waals surface area (Å²) in [6, 6.07) is 8.53. The van der Waals surface area contributed by atoms with E-state index in [1.807, 2.05) is 0 Å². The van der Waals surface area contributed by atoms with Gasteiger partial charge in [-0.3, -0.25) is 0 Å². The van der Waals surface area contributed by atoms with Crippen LogP contribution in [0, 0.1) is 5.41 Å². The van der Waals surface area contributed by atoms with Crippen LogP contribution in [-0.2, 0) is 0 Å². The van der Waals surface area contributed by atoms with Gasteiger partial charge in [0.25, 0.3) is 0 Å². The molecular weight excluding hydrogens is 236 g/mol. The maximum atomic E-state index is 5.68. The summed E-state index contributed by atoms with van der Waals surface area (Å²) in [4.78, 5) is 2.48. The number of nitrogens with zero attached hydrogens (tertiary/aromatic N) is 1. The number of nitrogens with one attached hydrogen (secondary N) is 1. The Bertz CT molecular complexity index is 413. The van der Waals surface area contributed by atoms with Crippen molar-refractivity contribution in [1.29, 1.82) is 0 Å². The van der Waals surface area contributed by atoms with Crippen LogP contribution in [0.5, 0.6) is 5.75 Å². The van der Waals surface area contributed by atoms with E-state index in [0.29, 0.717) is 5.41 Å². The second-order valence-electron chi connectivity index (χ2n) is 6.30. The van der Waals surface area contributed by atoms with E-state index in [1.165, 1.54) is 44.7 Å². The summed E-state index contributed by atoms with van der Waals surface area (Å²) in [6.45, 7) is 8.90. The summed E-state index contributed by atoms with van der Waals surface area (Å²) in [6.07, 6.45) is 2.95. The summed E-state index contributed by atoms with van der Waals surface area (Å²) in [5.74, 6) is 0.966. The van der Waals surface area contributed by atoms with Gasteiger partial charge in [0.2, 0.25) is 0 Å². The molecule has 2 aliphatic heterocycles. The van der Waals surface area contributed by atoms with Crippen LogP contribution in [0.1, 0.15) is 26.7 Å². The Hall–Kier alpha value is -1.22. The van der Waals surface area contributed by atoms with E-state index in [1.54, 1.807) is 0 Å². The van der Waals surface area contributed by atoms with Crippen molar-refractivity contribution in [1.82, 2.24) is 5.32 Å². The molecule has 2 saturated heterocycles. The third kappa shape index (κ3) is 2.71. The Morgan fingerprint density at radius 2 is 1.95 bits per heavy atom. The number of piperidine rings is 1. The molecule has 3 rings (SSSR count). The molecule has 0 unspecified atom stereocenters. The van der Waals surface area contributed by atoms with E-state index in [2.05, 4.69) is 48.3 Å². The Labute approximate surface area is 115 Å². The monoisotopic (exact) mass is 260 g/mol. The molecule has 2 aliphatic rings. The van der Waals surface area contributed by atoms with Crippen LogP contribution in [0.3, 0.4) is 0 Å². The van der Waals surface area contributed by atoms with Gasteiger partial charge in [0.05, 0.1) is 6.10 Å². The number of ether oxygens (including phenoxy) is 1. The molecule has 0 aliphatic carbocycles. The lowest BCUT2D eigenvalue weighted by molar-refractivity contribution is 0.157. The van der Waals surface area contributed by atoms with Crippen molar-refractivity contribution in [2.45, 2.75) is 32.8 Å². The van der Waals surface area contributed by atoms with Crippen LogP contribution in [0.2, 0.25) is 0 Å². The SMILES string of the molecule is CC(C)Oc1ccc(N2CC3(CCCNC3)C2)cc1. The molecule has 2 heterocycles. The molecule has 2 fully saturated rings. The van der Waals surface area contributed by atoms with E-state index < -0.39 is 0 Å². The summed E-state index contributed by atoms with van der Waals surface area (Å²) in [7, 11) is 0. The molecule has 1 spiro atoms. The van der Waals surface area contributed by atoms with Gasteiger partial charge in [-0.1, -0.05) is 0 Å². The first-order valence-corrected chi connectivity index (χ1v) is 7.39. The van der Waals surface area contributed by atoms with Crippen molar-refractivity contribution in [2.75, 3.05) is 31.1 Å². The van der Waals surface area contributed by atoms with E-state index in [4.69, 9.17) is 4.74 Å². The summed E-state index contributed by atoms with van der Waals surface area (Å²) in [5, 5.41) is 3.53. The van der Waals surface area contributed by atoms with E-state index in [9.17, 15) is 0 Å². The van der Waals surface area contributed by atoms with Crippen LogP contribution in [-0.4, -0.2) is 32.3 Å². The number of hydrogen-bond acceptors (Lipinski definition) is 3. The highest BCUT2D eigenvalue weighted by Gasteiger charge is 2.43. The van der Waals surface area contributed by atoms with Gasteiger partial charge in [-0.25, -0.2) is 0 Å². The first kappa shape index (κ1) is 12.8. The quantitative estimate of drug-likeness (QED) is 0.904. The maximum Gasteiger partial charge on any atom is 0.119 e. The summed E-state index contributed by atoms with van der Waals surface area (Å²) >= 11 is 0. The van der Waals surface area contributed by atoms with E-state index in [-0.39, 0.29) is 6.10 Å². The van der Waals surface area contributed by atoms with Gasteiger partial charge in [-0.2, -0.15) is 0 Å². The number of anilines is 1. The van der Waals surface area contributed by atoms with Gasteiger partial charge >= 0.3 is 0 Å². The lowest BCUT2D eigenvalue weighted by Crippen LogP contribution is -2.62. The summed E-state index contributed by atoms with van der Waals surface area (Å²) < 4.78 is 5.68. The van der Waals surface area contributed by atoms with Crippen LogP contribution in [0.25, 0.3) is 0 Å². The topological polar surface area (TPSA) is 24.5 Å². The van der Waals surface area contributed by atoms with Crippen LogP contribution < -0.4 is 15.0 Å². The average Bonchev–Trinajstić information content (AvgIpc) is 2.37. The van der Waals surface area contributed by atoms with Gasteiger partial charge in [0, 0.05) is 30.7 Å². The largest absolute Gasteiger partial charge is 0.491 e. The minimum absolute atomic E-state index is 0.242. The highest BCUT2D eigenvalue weighted by atomic mass is 16.5. The molecule has 0 bridgehead atoms. The molecule has 3 heteroatoms. The molecule has 1 aromatic rings. The Morgan fingerprint density at radius 1 is 1.21 bits per heavy atom. The van der Waals surface area contributed by atoms with Gasteiger partial charge in [0.15, 0.2) is 0 Å². The van der Waals surface area contributed by atoms with Crippen molar-refractivity contribution in [3.63, 3.8) is 0 Å². The van der Waals surface area contributed by atoms with Crippen molar-refractivity contribution in [2.24, 2.45) is 5.41 Å². The van der Waals surface area contributed by atoms with Crippen molar-refractivity contribution < 1.29 is 4.74 Å². The predicted octanol–water partition coefficient (Wildman–Crippen LogP) is 2.66. The standard InChI is InChI=1S/C16H24N2O/c1-13(2)19-15-6-4-14(5-7-15)18-11-16(12-18)8-3-9-17-10-16/h4-7,13,17H,3,8-12H2,1-2H3. The fourth-order valence-corrected chi connectivity index (χ4v) is 3.25. The zero-order valence-electron chi connectivity index (χ0n) is 12.0. The second kappa shape index (κ2) is 5.04.